The van der Waals surface area contributed by atoms with Gasteiger partial charge in [0, 0.05) is 61.8 Å². The average Bonchev–Trinajstić information content (AvgIpc) is 2.85. The van der Waals surface area contributed by atoms with E-state index in [-0.39, 0.29) is 17.1 Å². The second kappa shape index (κ2) is 9.29. The van der Waals surface area contributed by atoms with Gasteiger partial charge >= 0.3 is 0 Å². The van der Waals surface area contributed by atoms with Crippen molar-refractivity contribution in [2.75, 3.05) is 54.5 Å². The lowest BCUT2D eigenvalue weighted by molar-refractivity contribution is 0.122. The van der Waals surface area contributed by atoms with Gasteiger partial charge in [-0.15, -0.1) is 0 Å². The molecule has 10 heteroatoms. The number of halogens is 4. The van der Waals surface area contributed by atoms with E-state index in [1.54, 1.807) is 12.4 Å². The van der Waals surface area contributed by atoms with Crippen molar-refractivity contribution in [3.8, 4) is 11.1 Å². The molecule has 0 saturated carbocycles. The topological polar surface area (TPSA) is 53.5 Å². The maximum atomic E-state index is 14.4. The summed E-state index contributed by atoms with van der Waals surface area (Å²) in [4.78, 5) is 13.1. The van der Waals surface area contributed by atoms with Crippen molar-refractivity contribution < 1.29 is 13.5 Å². The van der Waals surface area contributed by atoms with Crippen LogP contribution in [0.3, 0.4) is 0 Å². The fourth-order valence-electron chi connectivity index (χ4n) is 4.13. The highest BCUT2D eigenvalue weighted by Gasteiger charge is 2.24. The Labute approximate surface area is 200 Å². The van der Waals surface area contributed by atoms with Crippen LogP contribution in [-0.2, 0) is 11.3 Å². The van der Waals surface area contributed by atoms with E-state index in [1.165, 1.54) is 0 Å². The monoisotopic (exact) mass is 491 g/mol. The maximum absolute atomic E-state index is 14.4. The van der Waals surface area contributed by atoms with Crippen molar-refractivity contribution in [1.29, 1.82) is 0 Å². The van der Waals surface area contributed by atoms with Crippen LogP contribution in [0.4, 0.5) is 26.1 Å². The molecule has 0 bridgehead atoms. The molecule has 2 aliphatic heterocycles. The van der Waals surface area contributed by atoms with Crippen LogP contribution in [0, 0.1) is 11.6 Å². The van der Waals surface area contributed by atoms with Gasteiger partial charge in [-0.25, -0.2) is 18.7 Å². The summed E-state index contributed by atoms with van der Waals surface area (Å²) in [5.74, 6) is 0.183. The van der Waals surface area contributed by atoms with E-state index in [9.17, 15) is 8.78 Å². The molecule has 1 aromatic carbocycles. The van der Waals surface area contributed by atoms with Gasteiger partial charge in [-0.3, -0.25) is 0 Å². The molecule has 0 radical (unpaired) electrons. The highest BCUT2D eigenvalue weighted by Crippen LogP contribution is 2.38. The number of ether oxygens (including phenoxy) is 1. The Hall–Kier alpha value is -2.68. The molecule has 6 nitrogen and oxygen atoms in total. The van der Waals surface area contributed by atoms with Crippen LogP contribution in [-0.4, -0.2) is 49.4 Å². The van der Waals surface area contributed by atoms with Crippen molar-refractivity contribution in [2.45, 2.75) is 6.54 Å². The predicted molar refractivity (Wildman–Crippen MR) is 126 cm³/mol. The second-order valence-electron chi connectivity index (χ2n) is 7.86. The van der Waals surface area contributed by atoms with E-state index in [0.29, 0.717) is 43.0 Å². The zero-order valence-electron chi connectivity index (χ0n) is 17.6. The molecule has 0 unspecified atom stereocenters. The first kappa shape index (κ1) is 22.1. The highest BCUT2D eigenvalue weighted by molar-refractivity contribution is 6.35. The molecule has 33 heavy (non-hydrogen) atoms. The minimum atomic E-state index is -0.644. The Balaban J connectivity index is 1.50. The van der Waals surface area contributed by atoms with Crippen LogP contribution in [0.1, 0.15) is 5.56 Å². The summed E-state index contributed by atoms with van der Waals surface area (Å²) in [6.45, 7) is 4.00. The standard InChI is InChI=1S/C23H21Cl2F2N5O/c24-20-16(17(26)1-2-18(20)27)13-32-6-5-28-22-19(32)11-14(12-30-22)15-3-4-29-23(21(15)25)31-7-9-33-10-8-31/h1-4,11-12H,5-10,13H2,(H,28,30). The Kier molecular flexibility index (Phi) is 6.23. The van der Waals surface area contributed by atoms with Gasteiger partial charge in [-0.05, 0) is 24.3 Å². The van der Waals surface area contributed by atoms with E-state index >= 15 is 0 Å². The van der Waals surface area contributed by atoms with Crippen molar-refractivity contribution in [3.05, 3.63) is 63.9 Å². The minimum absolute atomic E-state index is 0.116. The van der Waals surface area contributed by atoms with E-state index in [2.05, 4.69) is 20.2 Å². The van der Waals surface area contributed by atoms with Gasteiger partial charge in [0.05, 0.1) is 28.9 Å². The van der Waals surface area contributed by atoms with E-state index in [1.807, 2.05) is 17.0 Å². The number of pyridine rings is 2. The van der Waals surface area contributed by atoms with Crippen molar-refractivity contribution >= 4 is 40.5 Å². The smallest absolute Gasteiger partial charge is 0.149 e. The van der Waals surface area contributed by atoms with E-state index in [4.69, 9.17) is 27.9 Å². The average molecular weight is 492 g/mol. The first-order valence-electron chi connectivity index (χ1n) is 10.6. The molecule has 0 spiro atoms. The molecule has 0 aliphatic carbocycles. The quantitative estimate of drug-likeness (QED) is 0.518. The van der Waals surface area contributed by atoms with Gasteiger partial charge in [-0.1, -0.05) is 23.2 Å². The summed E-state index contributed by atoms with van der Waals surface area (Å²) in [5.41, 5.74) is 2.48. The molecule has 2 aliphatic rings. The number of rotatable bonds is 4. The van der Waals surface area contributed by atoms with Crippen LogP contribution in [0.25, 0.3) is 11.1 Å². The van der Waals surface area contributed by atoms with E-state index in [0.717, 1.165) is 42.0 Å². The second-order valence-corrected chi connectivity index (χ2v) is 8.61. The third kappa shape index (κ3) is 4.30. The number of nitrogens with zero attached hydrogens (tertiary/aromatic N) is 4. The number of hydrogen-bond donors (Lipinski definition) is 1. The fraction of sp³-hybridized carbons (Fsp3) is 0.304. The molecule has 1 saturated heterocycles. The molecular weight excluding hydrogens is 471 g/mol. The largest absolute Gasteiger partial charge is 0.378 e. The van der Waals surface area contributed by atoms with Crippen molar-refractivity contribution in [2.24, 2.45) is 0 Å². The third-order valence-electron chi connectivity index (χ3n) is 5.86. The molecule has 3 aromatic rings. The summed E-state index contributed by atoms with van der Waals surface area (Å²) >= 11 is 12.8. The normalized spacial score (nSPS) is 15.9. The number of benzene rings is 1. The number of aromatic nitrogens is 2. The Morgan fingerprint density at radius 2 is 1.79 bits per heavy atom. The lowest BCUT2D eigenvalue weighted by atomic mass is 10.1. The number of nitrogens with one attached hydrogen (secondary N) is 1. The molecule has 0 amide bonds. The summed E-state index contributed by atoms with van der Waals surface area (Å²) in [6.07, 6.45) is 3.47. The first-order chi connectivity index (χ1) is 16.0. The maximum Gasteiger partial charge on any atom is 0.149 e. The highest BCUT2D eigenvalue weighted by atomic mass is 35.5. The first-order valence-corrected chi connectivity index (χ1v) is 11.4. The zero-order chi connectivity index (χ0) is 22.9. The fourth-order valence-corrected chi connectivity index (χ4v) is 4.68. The van der Waals surface area contributed by atoms with Crippen LogP contribution < -0.4 is 15.1 Å². The number of anilines is 3. The molecule has 1 N–H and O–H groups in total. The Bertz CT molecular complexity index is 1190. The van der Waals surface area contributed by atoms with Crippen LogP contribution in [0.2, 0.25) is 10.0 Å². The number of fused-ring (bicyclic) bond motifs is 1. The molecule has 0 atom stereocenters. The molecule has 172 valence electrons. The van der Waals surface area contributed by atoms with Gasteiger partial charge in [-0.2, -0.15) is 0 Å². The van der Waals surface area contributed by atoms with Gasteiger partial charge in [0.25, 0.3) is 0 Å². The van der Waals surface area contributed by atoms with Crippen LogP contribution in [0.15, 0.2) is 36.7 Å². The van der Waals surface area contributed by atoms with Crippen LogP contribution >= 0.6 is 23.2 Å². The lowest BCUT2D eigenvalue weighted by Gasteiger charge is -2.32. The van der Waals surface area contributed by atoms with Crippen LogP contribution in [0.5, 0.6) is 0 Å². The van der Waals surface area contributed by atoms with Gasteiger partial charge < -0.3 is 19.9 Å². The van der Waals surface area contributed by atoms with Gasteiger partial charge in [0.1, 0.15) is 23.3 Å². The molecular formula is C23H21Cl2F2N5O. The number of hydrogen-bond acceptors (Lipinski definition) is 6. The molecule has 2 aromatic heterocycles. The SMILES string of the molecule is Fc1ccc(F)c(CN2CCNc3ncc(-c4ccnc(N5CCOCC5)c4Cl)cc32)c1Cl. The number of morpholine rings is 1. The Morgan fingerprint density at radius 1 is 1.00 bits per heavy atom. The third-order valence-corrected chi connectivity index (χ3v) is 6.64. The van der Waals surface area contributed by atoms with E-state index < -0.39 is 11.6 Å². The summed E-state index contributed by atoms with van der Waals surface area (Å²) in [6, 6.07) is 5.92. The molecule has 5 rings (SSSR count). The lowest BCUT2D eigenvalue weighted by Crippen LogP contribution is -2.37. The zero-order valence-corrected chi connectivity index (χ0v) is 19.1. The Morgan fingerprint density at radius 3 is 2.61 bits per heavy atom. The van der Waals surface area contributed by atoms with Gasteiger partial charge in [0.15, 0.2) is 0 Å². The summed E-state index contributed by atoms with van der Waals surface area (Å²) in [7, 11) is 0. The summed E-state index contributed by atoms with van der Waals surface area (Å²) < 4.78 is 33.8. The predicted octanol–water partition coefficient (Wildman–Crippen LogP) is 5.00. The van der Waals surface area contributed by atoms with Gasteiger partial charge in [0.2, 0.25) is 0 Å². The molecule has 1 fully saturated rings. The molecule has 4 heterocycles. The summed E-state index contributed by atoms with van der Waals surface area (Å²) in [5, 5.41) is 3.59. The minimum Gasteiger partial charge on any atom is -0.378 e. The van der Waals surface area contributed by atoms with Crippen molar-refractivity contribution in [3.63, 3.8) is 0 Å². The van der Waals surface area contributed by atoms with Crippen molar-refractivity contribution in [1.82, 2.24) is 9.97 Å².